The average molecular weight is 568 g/mol. The molecule has 2 rings (SSSR count). The maximum Gasteiger partial charge on any atom is 0.338 e. The van der Waals surface area contributed by atoms with Gasteiger partial charge in [-0.3, -0.25) is 4.79 Å². The van der Waals surface area contributed by atoms with Crippen LogP contribution in [0, 0.1) is 0 Å². The third-order valence-corrected chi connectivity index (χ3v) is 8.14. The van der Waals surface area contributed by atoms with E-state index in [4.69, 9.17) is 9.47 Å². The smallest absolute Gasteiger partial charge is 0.338 e. The molecule has 0 saturated carbocycles. The lowest BCUT2D eigenvalue weighted by molar-refractivity contribution is -0.925. The molecule has 0 fully saturated rings. The molecule has 0 unspecified atom stereocenters. The second-order valence-electron chi connectivity index (χ2n) is 11.1. The van der Waals surface area contributed by atoms with Gasteiger partial charge in [-0.05, 0) is 69.5 Å². The number of carbonyl (C=O) groups excluding carboxylic acids is 2. The fraction of sp³-hybridized carbons (Fsp3) is 0.600. The van der Waals surface area contributed by atoms with Gasteiger partial charge in [0.1, 0.15) is 18.9 Å². The number of hydrogen-bond donors (Lipinski definition) is 1. The molecule has 0 heterocycles. The number of esters is 1. The molecule has 0 aliphatic rings. The van der Waals surface area contributed by atoms with E-state index in [2.05, 4.69) is 33.0 Å². The molecule has 0 aliphatic heterocycles. The van der Waals surface area contributed by atoms with Crippen LogP contribution in [0.15, 0.2) is 48.5 Å². The monoisotopic (exact) mass is 567 g/mol. The van der Waals surface area contributed by atoms with Gasteiger partial charge >= 0.3 is 5.97 Å². The van der Waals surface area contributed by atoms with E-state index in [-0.39, 0.29) is 11.9 Å². The Hall–Kier alpha value is -2.86. The lowest BCUT2D eigenvalue weighted by atomic mass is 10.1. The number of anilines is 1. The van der Waals surface area contributed by atoms with Crippen LogP contribution in [-0.2, 0) is 4.74 Å². The van der Waals surface area contributed by atoms with Crippen LogP contribution in [-0.4, -0.2) is 55.8 Å². The average Bonchev–Trinajstić information content (AvgIpc) is 3.00. The quantitative estimate of drug-likeness (QED) is 0.0878. The Bertz CT molecular complexity index is 1000. The fourth-order valence-electron chi connectivity index (χ4n) is 5.17. The summed E-state index contributed by atoms with van der Waals surface area (Å²) >= 11 is 0. The summed E-state index contributed by atoms with van der Waals surface area (Å²) in [7, 11) is 0. The summed E-state index contributed by atoms with van der Waals surface area (Å²) in [4.78, 5) is 25.7. The van der Waals surface area contributed by atoms with Gasteiger partial charge in [-0.1, -0.05) is 77.3 Å². The molecule has 1 amide bonds. The number of ether oxygens (including phenoxy) is 2. The summed E-state index contributed by atoms with van der Waals surface area (Å²) in [6.07, 6.45) is 13.5. The number of quaternary nitrogens is 1. The van der Waals surface area contributed by atoms with Crippen molar-refractivity contribution in [2.45, 2.75) is 98.3 Å². The Morgan fingerprint density at radius 3 is 1.95 bits per heavy atom. The van der Waals surface area contributed by atoms with Crippen molar-refractivity contribution >= 4 is 17.6 Å². The second kappa shape index (κ2) is 20.1. The van der Waals surface area contributed by atoms with Crippen molar-refractivity contribution in [3.63, 3.8) is 0 Å². The number of likely N-dealkylation sites (N-methyl/N-ethyl adjacent to an activating group) is 1. The number of benzene rings is 2. The zero-order valence-electron chi connectivity index (χ0n) is 26.2. The van der Waals surface area contributed by atoms with Crippen LogP contribution in [0.5, 0.6) is 5.75 Å². The molecule has 0 spiro atoms. The van der Waals surface area contributed by atoms with Crippen LogP contribution in [0.25, 0.3) is 0 Å². The molecule has 1 N–H and O–H groups in total. The fourth-order valence-corrected chi connectivity index (χ4v) is 5.17. The number of nitrogens with zero attached hydrogens (tertiary/aromatic N) is 1. The van der Waals surface area contributed by atoms with E-state index >= 15 is 0 Å². The number of para-hydroxylation sites is 1. The van der Waals surface area contributed by atoms with Crippen LogP contribution in [0.2, 0.25) is 0 Å². The number of unbranched alkanes of at least 4 members (excludes halogenated alkanes) is 9. The van der Waals surface area contributed by atoms with Gasteiger partial charge in [0, 0.05) is 5.69 Å². The normalized spacial score (nSPS) is 11.3. The van der Waals surface area contributed by atoms with Gasteiger partial charge in [0.15, 0.2) is 0 Å². The van der Waals surface area contributed by atoms with E-state index in [0.717, 1.165) is 43.5 Å². The molecule has 0 bridgehead atoms. The lowest BCUT2D eigenvalue weighted by Crippen LogP contribution is -2.50. The minimum Gasteiger partial charge on any atom is -0.493 e. The summed E-state index contributed by atoms with van der Waals surface area (Å²) < 4.78 is 12.6. The molecular weight excluding hydrogens is 512 g/mol. The van der Waals surface area contributed by atoms with E-state index in [1.54, 1.807) is 30.3 Å². The Kier molecular flexibility index (Phi) is 16.8. The van der Waals surface area contributed by atoms with Gasteiger partial charge in [-0.25, -0.2) is 4.79 Å². The van der Waals surface area contributed by atoms with Gasteiger partial charge in [-0.2, -0.15) is 0 Å². The number of hydrogen-bond acceptors (Lipinski definition) is 4. The van der Waals surface area contributed by atoms with E-state index < -0.39 is 0 Å². The van der Waals surface area contributed by atoms with Crippen molar-refractivity contribution in [3.05, 3.63) is 59.7 Å². The summed E-state index contributed by atoms with van der Waals surface area (Å²) in [5.74, 6) is 0.0275. The maximum absolute atomic E-state index is 13.0. The van der Waals surface area contributed by atoms with Crippen LogP contribution < -0.4 is 10.1 Å². The van der Waals surface area contributed by atoms with E-state index in [0.29, 0.717) is 35.8 Å². The molecular formula is C35H55N2O4+. The minimum absolute atomic E-state index is 0.234. The molecule has 0 aromatic heterocycles. The number of nitrogens with one attached hydrogen (secondary N) is 1. The third kappa shape index (κ3) is 12.7. The predicted octanol–water partition coefficient (Wildman–Crippen LogP) is 8.66. The number of amides is 1. The highest BCUT2D eigenvalue weighted by atomic mass is 16.5. The van der Waals surface area contributed by atoms with Crippen LogP contribution in [0.1, 0.15) is 119 Å². The standard InChI is InChI=1S/C35H54N2O4/c1-5-9-11-13-15-19-28-40-33-21-17-16-20-32(33)34(38)36-31-24-22-30(23-25-31)35(39)41-29-27-37(7-3,8-4)26-18-14-12-10-6-2/h16-17,20-25H,5-15,18-19,26-29H2,1-4H3/p+1. The molecule has 0 radical (unpaired) electrons. The molecule has 0 aliphatic carbocycles. The van der Waals surface area contributed by atoms with Gasteiger partial charge in [-0.15, -0.1) is 0 Å². The molecule has 6 heteroatoms. The molecule has 6 nitrogen and oxygen atoms in total. The van der Waals surface area contributed by atoms with Gasteiger partial charge in [0.25, 0.3) is 5.91 Å². The number of carbonyl (C=O) groups is 2. The predicted molar refractivity (Wildman–Crippen MR) is 170 cm³/mol. The first kappa shape index (κ1) is 34.3. The first-order valence-electron chi connectivity index (χ1n) is 16.1. The largest absolute Gasteiger partial charge is 0.493 e. The lowest BCUT2D eigenvalue weighted by Gasteiger charge is -2.36. The second-order valence-corrected chi connectivity index (χ2v) is 11.1. The Labute approximate surface area is 249 Å². The highest BCUT2D eigenvalue weighted by molar-refractivity contribution is 6.06. The molecule has 228 valence electrons. The van der Waals surface area contributed by atoms with Gasteiger partial charge < -0.3 is 19.3 Å². The molecule has 0 atom stereocenters. The third-order valence-electron chi connectivity index (χ3n) is 8.14. The molecule has 2 aromatic rings. The Morgan fingerprint density at radius 1 is 0.683 bits per heavy atom. The van der Waals surface area contributed by atoms with E-state index in [9.17, 15) is 9.59 Å². The highest BCUT2D eigenvalue weighted by Crippen LogP contribution is 2.21. The molecule has 41 heavy (non-hydrogen) atoms. The SMILES string of the molecule is CCCCCCCCOc1ccccc1C(=O)Nc1ccc(C(=O)OCC[N+](CC)(CC)CCCCCCC)cc1. The Morgan fingerprint density at radius 2 is 1.29 bits per heavy atom. The van der Waals surface area contributed by atoms with Gasteiger partial charge in [0.2, 0.25) is 0 Å². The van der Waals surface area contributed by atoms with Crippen molar-refractivity contribution in [1.82, 2.24) is 0 Å². The summed E-state index contributed by atoms with van der Waals surface area (Å²) in [6, 6.07) is 14.2. The first-order valence-corrected chi connectivity index (χ1v) is 16.1. The summed E-state index contributed by atoms with van der Waals surface area (Å²) in [5, 5.41) is 2.93. The van der Waals surface area contributed by atoms with Crippen molar-refractivity contribution in [2.75, 3.05) is 44.7 Å². The van der Waals surface area contributed by atoms with Crippen molar-refractivity contribution in [2.24, 2.45) is 0 Å². The Balaban J connectivity index is 1.83. The van der Waals surface area contributed by atoms with Crippen LogP contribution in [0.3, 0.4) is 0 Å². The minimum atomic E-state index is -0.329. The maximum atomic E-state index is 13.0. The topological polar surface area (TPSA) is 64.6 Å². The van der Waals surface area contributed by atoms with Gasteiger partial charge in [0.05, 0.1) is 37.4 Å². The first-order chi connectivity index (χ1) is 20.0. The van der Waals surface area contributed by atoms with Crippen molar-refractivity contribution < 1.29 is 23.5 Å². The van der Waals surface area contributed by atoms with Crippen molar-refractivity contribution in [1.29, 1.82) is 0 Å². The number of rotatable bonds is 22. The molecule has 2 aromatic carbocycles. The zero-order valence-corrected chi connectivity index (χ0v) is 26.2. The van der Waals surface area contributed by atoms with E-state index in [1.165, 1.54) is 57.8 Å². The molecule has 0 saturated heterocycles. The van der Waals surface area contributed by atoms with Crippen molar-refractivity contribution in [3.8, 4) is 5.75 Å². The van der Waals surface area contributed by atoms with E-state index in [1.807, 2.05) is 18.2 Å². The summed E-state index contributed by atoms with van der Waals surface area (Å²) in [6.45, 7) is 14.0. The summed E-state index contributed by atoms with van der Waals surface area (Å²) in [5.41, 5.74) is 1.60. The zero-order chi connectivity index (χ0) is 29.8. The van der Waals surface area contributed by atoms with Crippen LogP contribution in [0.4, 0.5) is 5.69 Å². The van der Waals surface area contributed by atoms with Crippen LogP contribution >= 0.6 is 0 Å². The highest BCUT2D eigenvalue weighted by Gasteiger charge is 2.23.